The monoisotopic (exact) mass is 559 g/mol. The lowest BCUT2D eigenvalue weighted by Gasteiger charge is -2.37. The summed E-state index contributed by atoms with van der Waals surface area (Å²) >= 11 is 0. The molecular formula is C32H47F2N3O3. The van der Waals surface area contributed by atoms with Crippen molar-refractivity contribution in [2.24, 2.45) is 5.92 Å². The van der Waals surface area contributed by atoms with Crippen LogP contribution in [0.25, 0.3) is 0 Å². The van der Waals surface area contributed by atoms with Crippen LogP contribution in [0.5, 0.6) is 0 Å². The molecule has 1 saturated heterocycles. The Labute approximate surface area is 238 Å². The smallest absolute Gasteiger partial charge is 0.237 e. The maximum absolute atomic E-state index is 14.0. The molecule has 0 radical (unpaired) electrons. The lowest BCUT2D eigenvalue weighted by atomic mass is 9.95. The van der Waals surface area contributed by atoms with Gasteiger partial charge in [-0.2, -0.15) is 0 Å². The van der Waals surface area contributed by atoms with Gasteiger partial charge in [-0.1, -0.05) is 44.5 Å². The molecule has 0 saturated carbocycles. The van der Waals surface area contributed by atoms with Gasteiger partial charge in [0.25, 0.3) is 0 Å². The Morgan fingerprint density at radius 1 is 1.05 bits per heavy atom. The third-order valence-corrected chi connectivity index (χ3v) is 7.76. The number of aliphatic hydroxyl groups is 1. The van der Waals surface area contributed by atoms with E-state index < -0.39 is 23.8 Å². The number of carbonyl (C=O) groups is 1. The predicted molar refractivity (Wildman–Crippen MR) is 155 cm³/mol. The van der Waals surface area contributed by atoms with Crippen LogP contribution in [-0.4, -0.2) is 66.9 Å². The largest absolute Gasteiger partial charge is 0.390 e. The van der Waals surface area contributed by atoms with Crippen LogP contribution < -0.4 is 10.6 Å². The molecule has 2 aromatic rings. The van der Waals surface area contributed by atoms with Crippen LogP contribution in [-0.2, 0) is 28.9 Å². The van der Waals surface area contributed by atoms with Gasteiger partial charge in [0, 0.05) is 32.4 Å². The Hall–Kier alpha value is -2.39. The van der Waals surface area contributed by atoms with Crippen molar-refractivity contribution in [2.75, 3.05) is 32.8 Å². The molecule has 0 aromatic heterocycles. The van der Waals surface area contributed by atoms with E-state index in [-0.39, 0.29) is 24.9 Å². The molecule has 8 heteroatoms. The summed E-state index contributed by atoms with van der Waals surface area (Å²) in [6, 6.07) is 10.6. The first-order valence-corrected chi connectivity index (χ1v) is 14.9. The minimum Gasteiger partial charge on any atom is -0.390 e. The van der Waals surface area contributed by atoms with Crippen LogP contribution in [0.2, 0.25) is 0 Å². The molecular weight excluding hydrogens is 512 g/mol. The molecule has 0 aliphatic carbocycles. The lowest BCUT2D eigenvalue weighted by molar-refractivity contribution is -0.129. The third kappa shape index (κ3) is 10.2. The van der Waals surface area contributed by atoms with Crippen LogP contribution in [0.1, 0.15) is 63.1 Å². The van der Waals surface area contributed by atoms with Crippen molar-refractivity contribution in [3.05, 3.63) is 70.8 Å². The van der Waals surface area contributed by atoms with E-state index in [0.717, 1.165) is 57.0 Å². The van der Waals surface area contributed by atoms with Gasteiger partial charge in [0.15, 0.2) is 0 Å². The molecule has 1 aliphatic rings. The Kier molecular flexibility index (Phi) is 13.5. The van der Waals surface area contributed by atoms with E-state index in [1.807, 2.05) is 19.1 Å². The standard InChI is InChI=1S/C32H47F2N3O3/c1-4-8-30(37-13-11-24(12-14-37)22-40-6-3)32(39)36-29(18-26-16-27(33)19-28(34)17-26)31(38)21-35-20-25-10-7-9-23(5-2)15-25/h7,9-10,15-17,19,24,29-31,35,38H,4-6,8,11-14,18,20-22H2,1-3H3,(H,36,39)/t29-,30-,31+/m0/s1. The maximum Gasteiger partial charge on any atom is 0.237 e. The van der Waals surface area contributed by atoms with Crippen LogP contribution in [0.4, 0.5) is 8.78 Å². The average molecular weight is 560 g/mol. The highest BCUT2D eigenvalue weighted by molar-refractivity contribution is 5.82. The molecule has 1 amide bonds. The quantitative estimate of drug-likeness (QED) is 0.280. The average Bonchev–Trinajstić information content (AvgIpc) is 2.94. The second-order valence-corrected chi connectivity index (χ2v) is 10.9. The molecule has 6 nitrogen and oxygen atoms in total. The molecule has 3 atom stereocenters. The zero-order valence-electron chi connectivity index (χ0n) is 24.3. The number of aliphatic hydroxyl groups excluding tert-OH is 1. The van der Waals surface area contributed by atoms with Gasteiger partial charge in [0.1, 0.15) is 11.6 Å². The Morgan fingerprint density at radius 3 is 2.40 bits per heavy atom. The van der Waals surface area contributed by atoms with E-state index >= 15 is 0 Å². The summed E-state index contributed by atoms with van der Waals surface area (Å²) in [7, 11) is 0. The summed E-state index contributed by atoms with van der Waals surface area (Å²) in [6.45, 7) is 10.0. The summed E-state index contributed by atoms with van der Waals surface area (Å²) < 4.78 is 33.5. The molecule has 222 valence electrons. The van der Waals surface area contributed by atoms with Crippen molar-refractivity contribution in [1.82, 2.24) is 15.5 Å². The van der Waals surface area contributed by atoms with Gasteiger partial charge in [0.05, 0.1) is 18.2 Å². The first-order valence-electron chi connectivity index (χ1n) is 14.9. The van der Waals surface area contributed by atoms with Gasteiger partial charge in [-0.3, -0.25) is 9.69 Å². The maximum atomic E-state index is 14.0. The predicted octanol–water partition coefficient (Wildman–Crippen LogP) is 4.62. The normalized spacial score (nSPS) is 16.9. The van der Waals surface area contributed by atoms with Crippen molar-refractivity contribution in [3.8, 4) is 0 Å². The van der Waals surface area contributed by atoms with Crippen LogP contribution in [0.15, 0.2) is 42.5 Å². The second-order valence-electron chi connectivity index (χ2n) is 10.9. The SMILES string of the molecule is CCC[C@@H](C(=O)N[C@@H](Cc1cc(F)cc(F)c1)[C@H](O)CNCc1cccc(CC)c1)N1CCC(COCC)CC1. The fourth-order valence-corrected chi connectivity index (χ4v) is 5.48. The number of hydrogen-bond acceptors (Lipinski definition) is 5. The fourth-order valence-electron chi connectivity index (χ4n) is 5.48. The summed E-state index contributed by atoms with van der Waals surface area (Å²) in [6.07, 6.45) is 3.60. The number of rotatable bonds is 16. The first-order chi connectivity index (χ1) is 19.3. The summed E-state index contributed by atoms with van der Waals surface area (Å²) in [5.41, 5.74) is 2.73. The number of benzene rings is 2. The molecule has 2 aromatic carbocycles. The van der Waals surface area contributed by atoms with Crippen LogP contribution in [0.3, 0.4) is 0 Å². The van der Waals surface area contributed by atoms with Gasteiger partial charge in [-0.15, -0.1) is 0 Å². The zero-order valence-corrected chi connectivity index (χ0v) is 24.3. The van der Waals surface area contributed by atoms with Gasteiger partial charge in [0.2, 0.25) is 5.91 Å². The number of piperidine rings is 1. The van der Waals surface area contributed by atoms with E-state index in [9.17, 15) is 18.7 Å². The number of nitrogens with zero attached hydrogens (tertiary/aromatic N) is 1. The number of carbonyl (C=O) groups excluding carboxylic acids is 1. The van der Waals surface area contributed by atoms with E-state index in [4.69, 9.17) is 4.74 Å². The molecule has 1 fully saturated rings. The van der Waals surface area contributed by atoms with Gasteiger partial charge in [-0.05, 0) is 86.9 Å². The van der Waals surface area contributed by atoms with Crippen LogP contribution in [0, 0.1) is 17.6 Å². The summed E-state index contributed by atoms with van der Waals surface area (Å²) in [4.78, 5) is 15.9. The highest BCUT2D eigenvalue weighted by atomic mass is 19.1. The van der Waals surface area contributed by atoms with Crippen molar-refractivity contribution in [1.29, 1.82) is 0 Å². The topological polar surface area (TPSA) is 73.8 Å². The number of amides is 1. The lowest BCUT2D eigenvalue weighted by Crippen LogP contribution is -2.56. The number of aryl methyl sites for hydroxylation is 1. The minimum atomic E-state index is -0.955. The number of likely N-dealkylation sites (tertiary alicyclic amines) is 1. The van der Waals surface area contributed by atoms with E-state index in [1.54, 1.807) is 0 Å². The number of hydrogen-bond donors (Lipinski definition) is 3. The second kappa shape index (κ2) is 16.8. The molecule has 0 spiro atoms. The van der Waals surface area contributed by atoms with E-state index in [2.05, 4.69) is 41.5 Å². The number of ether oxygens (including phenoxy) is 1. The first kappa shape index (κ1) is 32.1. The molecule has 1 aliphatic heterocycles. The molecule has 3 rings (SSSR count). The van der Waals surface area contributed by atoms with Crippen molar-refractivity contribution < 1.29 is 23.4 Å². The van der Waals surface area contributed by atoms with Crippen LogP contribution >= 0.6 is 0 Å². The molecule has 0 bridgehead atoms. The van der Waals surface area contributed by atoms with Gasteiger partial charge < -0.3 is 20.5 Å². The van der Waals surface area contributed by atoms with Crippen molar-refractivity contribution in [2.45, 2.75) is 84.0 Å². The molecule has 1 heterocycles. The van der Waals surface area contributed by atoms with E-state index in [0.29, 0.717) is 31.1 Å². The highest BCUT2D eigenvalue weighted by Crippen LogP contribution is 2.22. The summed E-state index contributed by atoms with van der Waals surface area (Å²) in [5.74, 6) is -1.01. The number of halogens is 2. The Morgan fingerprint density at radius 2 is 1.75 bits per heavy atom. The van der Waals surface area contributed by atoms with Crippen molar-refractivity contribution >= 4 is 5.91 Å². The van der Waals surface area contributed by atoms with E-state index in [1.165, 1.54) is 17.7 Å². The molecule has 0 unspecified atom stereocenters. The zero-order chi connectivity index (χ0) is 28.9. The Balaban J connectivity index is 1.68. The molecule has 3 N–H and O–H groups in total. The minimum absolute atomic E-state index is 0.115. The van der Waals surface area contributed by atoms with Gasteiger partial charge in [-0.25, -0.2) is 8.78 Å². The van der Waals surface area contributed by atoms with Gasteiger partial charge >= 0.3 is 0 Å². The molecule has 40 heavy (non-hydrogen) atoms. The Bertz CT molecular complexity index is 1030. The third-order valence-electron chi connectivity index (χ3n) is 7.76. The number of nitrogens with one attached hydrogen (secondary N) is 2. The van der Waals surface area contributed by atoms with Crippen molar-refractivity contribution in [3.63, 3.8) is 0 Å². The fraction of sp³-hybridized carbons (Fsp3) is 0.594. The summed E-state index contributed by atoms with van der Waals surface area (Å²) in [5, 5.41) is 17.5. The highest BCUT2D eigenvalue weighted by Gasteiger charge is 2.32.